The van der Waals surface area contributed by atoms with Crippen LogP contribution in [0.3, 0.4) is 0 Å². The quantitative estimate of drug-likeness (QED) is 0.687. The Kier molecular flexibility index (Phi) is 3.67. The van der Waals surface area contributed by atoms with Crippen molar-refractivity contribution in [3.05, 3.63) is 12.2 Å². The van der Waals surface area contributed by atoms with Crippen molar-refractivity contribution >= 4 is 29.5 Å². The van der Waals surface area contributed by atoms with E-state index < -0.39 is 5.97 Å². The van der Waals surface area contributed by atoms with Crippen LogP contribution in [0.15, 0.2) is 12.2 Å². The summed E-state index contributed by atoms with van der Waals surface area (Å²) < 4.78 is 0.550. The zero-order chi connectivity index (χ0) is 10.8. The molecule has 15 heavy (non-hydrogen) atoms. The van der Waals surface area contributed by atoms with Gasteiger partial charge in [0.2, 0.25) is 0 Å². The van der Waals surface area contributed by atoms with E-state index in [1.54, 1.807) is 0 Å². The Morgan fingerprint density at radius 2 is 2.00 bits per heavy atom. The molecule has 3 unspecified atom stereocenters. The van der Waals surface area contributed by atoms with Crippen LogP contribution in [0, 0.1) is 17.8 Å². The van der Waals surface area contributed by atoms with Crippen molar-refractivity contribution < 1.29 is 9.90 Å². The van der Waals surface area contributed by atoms with Crippen molar-refractivity contribution in [2.45, 2.75) is 17.9 Å². The van der Waals surface area contributed by atoms with E-state index in [1.165, 1.54) is 17.9 Å². The minimum absolute atomic E-state index is 0.193. The maximum absolute atomic E-state index is 10.9. The molecule has 2 rings (SSSR count). The van der Waals surface area contributed by atoms with Gasteiger partial charge in [0, 0.05) is 17.8 Å². The van der Waals surface area contributed by atoms with E-state index >= 15 is 0 Å². The number of thioether (sulfide) groups is 2. The SMILES string of the molecule is CC1C(C(=O)[O-])C=CC1C1SCCCS1. The molecule has 0 bridgehead atoms. The molecular formula is C11H15O2S2-. The summed E-state index contributed by atoms with van der Waals surface area (Å²) in [6, 6.07) is 0. The van der Waals surface area contributed by atoms with Gasteiger partial charge in [-0.3, -0.25) is 0 Å². The Morgan fingerprint density at radius 3 is 2.53 bits per heavy atom. The van der Waals surface area contributed by atoms with Crippen LogP contribution in [0.4, 0.5) is 0 Å². The number of carbonyl (C=O) groups excluding carboxylic acids is 1. The number of allylic oxidation sites excluding steroid dienone is 1. The standard InChI is InChI=1S/C11H16O2S2/c1-7-8(10(12)13)3-4-9(7)11-14-5-2-6-15-11/h3-4,7-9,11H,2,5-6H2,1H3,(H,12,13)/p-1. The second-order valence-corrected chi connectivity index (χ2v) is 6.93. The van der Waals surface area contributed by atoms with E-state index in [4.69, 9.17) is 0 Å². The maximum Gasteiger partial charge on any atom is 0.0567 e. The van der Waals surface area contributed by atoms with Gasteiger partial charge in [0.25, 0.3) is 0 Å². The molecule has 0 amide bonds. The highest BCUT2D eigenvalue weighted by atomic mass is 32.2. The summed E-state index contributed by atoms with van der Waals surface area (Å²) in [5.74, 6) is 1.72. The highest BCUT2D eigenvalue weighted by Gasteiger charge is 2.35. The van der Waals surface area contributed by atoms with Crippen LogP contribution >= 0.6 is 23.5 Å². The van der Waals surface area contributed by atoms with Crippen molar-refractivity contribution in [1.29, 1.82) is 0 Å². The van der Waals surface area contributed by atoms with E-state index in [0.29, 0.717) is 10.5 Å². The molecule has 0 radical (unpaired) electrons. The van der Waals surface area contributed by atoms with E-state index in [9.17, 15) is 9.90 Å². The van der Waals surface area contributed by atoms with Gasteiger partial charge in [0.1, 0.15) is 0 Å². The third-order valence-electron chi connectivity index (χ3n) is 3.15. The molecule has 0 aromatic rings. The van der Waals surface area contributed by atoms with Gasteiger partial charge in [-0.15, -0.1) is 23.5 Å². The summed E-state index contributed by atoms with van der Waals surface area (Å²) >= 11 is 3.95. The largest absolute Gasteiger partial charge is 0.550 e. The lowest BCUT2D eigenvalue weighted by molar-refractivity contribution is -0.311. The second kappa shape index (κ2) is 4.83. The molecule has 84 valence electrons. The van der Waals surface area contributed by atoms with Crippen molar-refractivity contribution in [3.63, 3.8) is 0 Å². The summed E-state index contributed by atoms with van der Waals surface area (Å²) in [7, 11) is 0. The number of carboxylic acid groups (broad SMARTS) is 1. The first-order chi connectivity index (χ1) is 7.20. The molecule has 0 aromatic heterocycles. The topological polar surface area (TPSA) is 40.1 Å². The summed E-state index contributed by atoms with van der Waals surface area (Å²) in [4.78, 5) is 10.9. The van der Waals surface area contributed by atoms with Crippen molar-refractivity contribution in [2.75, 3.05) is 11.5 Å². The Labute approximate surface area is 98.9 Å². The molecule has 1 aliphatic carbocycles. The predicted molar refractivity (Wildman–Crippen MR) is 63.6 cm³/mol. The van der Waals surface area contributed by atoms with Crippen LogP contribution in [-0.4, -0.2) is 22.1 Å². The number of carboxylic acids is 1. The molecule has 3 atom stereocenters. The summed E-state index contributed by atoms with van der Waals surface area (Å²) in [6.45, 7) is 2.03. The summed E-state index contributed by atoms with van der Waals surface area (Å²) in [5, 5.41) is 10.9. The van der Waals surface area contributed by atoms with Gasteiger partial charge in [-0.1, -0.05) is 19.1 Å². The van der Waals surface area contributed by atoms with Crippen molar-refractivity contribution in [3.8, 4) is 0 Å². The summed E-state index contributed by atoms with van der Waals surface area (Å²) in [6.07, 6.45) is 5.18. The third kappa shape index (κ3) is 2.36. The first-order valence-electron chi connectivity index (χ1n) is 5.32. The fourth-order valence-corrected chi connectivity index (χ4v) is 5.55. The second-order valence-electron chi connectivity index (χ2n) is 4.13. The van der Waals surface area contributed by atoms with Crippen LogP contribution in [0.5, 0.6) is 0 Å². The lowest BCUT2D eigenvalue weighted by atomic mass is 9.91. The van der Waals surface area contributed by atoms with Gasteiger partial charge in [0.05, 0.1) is 4.58 Å². The Morgan fingerprint density at radius 1 is 1.33 bits per heavy atom. The van der Waals surface area contributed by atoms with E-state index in [0.717, 1.165) is 0 Å². The molecule has 1 aliphatic heterocycles. The van der Waals surface area contributed by atoms with Gasteiger partial charge < -0.3 is 9.90 Å². The molecule has 1 saturated heterocycles. The fraction of sp³-hybridized carbons (Fsp3) is 0.727. The third-order valence-corrected chi connectivity index (χ3v) is 6.30. The highest BCUT2D eigenvalue weighted by molar-refractivity contribution is 8.17. The highest BCUT2D eigenvalue weighted by Crippen LogP contribution is 2.44. The van der Waals surface area contributed by atoms with Gasteiger partial charge in [-0.2, -0.15) is 0 Å². The van der Waals surface area contributed by atoms with Crippen LogP contribution in [0.2, 0.25) is 0 Å². The lowest BCUT2D eigenvalue weighted by Crippen LogP contribution is -2.35. The van der Waals surface area contributed by atoms with E-state index in [-0.39, 0.29) is 11.8 Å². The average Bonchev–Trinajstić information content (AvgIpc) is 2.61. The monoisotopic (exact) mass is 243 g/mol. The van der Waals surface area contributed by atoms with Crippen LogP contribution in [-0.2, 0) is 4.79 Å². The molecule has 4 heteroatoms. The van der Waals surface area contributed by atoms with Crippen molar-refractivity contribution in [2.24, 2.45) is 17.8 Å². The van der Waals surface area contributed by atoms with Gasteiger partial charge in [-0.05, 0) is 23.8 Å². The molecule has 0 spiro atoms. The fourth-order valence-electron chi connectivity index (χ4n) is 2.20. The smallest absolute Gasteiger partial charge is 0.0567 e. The van der Waals surface area contributed by atoms with Gasteiger partial charge in [-0.25, -0.2) is 0 Å². The molecule has 0 N–H and O–H groups in total. The van der Waals surface area contributed by atoms with E-state index in [2.05, 4.69) is 6.08 Å². The molecule has 1 heterocycles. The first kappa shape index (κ1) is 11.4. The molecular weight excluding hydrogens is 228 g/mol. The minimum atomic E-state index is -0.924. The van der Waals surface area contributed by atoms with Crippen LogP contribution < -0.4 is 5.11 Å². The lowest BCUT2D eigenvalue weighted by Gasteiger charge is -2.30. The predicted octanol–water partition coefficient (Wildman–Crippen LogP) is 1.37. The van der Waals surface area contributed by atoms with Crippen LogP contribution in [0.25, 0.3) is 0 Å². The Bertz CT molecular complexity index is 272. The zero-order valence-corrected chi connectivity index (χ0v) is 10.4. The first-order valence-corrected chi connectivity index (χ1v) is 7.42. The number of carbonyl (C=O) groups is 1. The van der Waals surface area contributed by atoms with Crippen molar-refractivity contribution in [1.82, 2.24) is 0 Å². The minimum Gasteiger partial charge on any atom is -0.550 e. The molecule has 1 fully saturated rings. The number of hydrogen-bond donors (Lipinski definition) is 0. The number of aliphatic carboxylic acids is 1. The molecule has 0 saturated carbocycles. The van der Waals surface area contributed by atoms with Crippen LogP contribution in [0.1, 0.15) is 13.3 Å². The number of rotatable bonds is 2. The van der Waals surface area contributed by atoms with Gasteiger partial charge in [0.15, 0.2) is 0 Å². The molecule has 2 aliphatic rings. The number of hydrogen-bond acceptors (Lipinski definition) is 4. The Balaban J connectivity index is 2.00. The maximum atomic E-state index is 10.9. The van der Waals surface area contributed by atoms with Gasteiger partial charge >= 0.3 is 0 Å². The normalized spacial score (nSPS) is 37.0. The Hall–Kier alpha value is -0.0900. The average molecular weight is 243 g/mol. The van der Waals surface area contributed by atoms with E-state index in [1.807, 2.05) is 36.5 Å². The molecule has 0 aromatic carbocycles. The zero-order valence-electron chi connectivity index (χ0n) is 8.72. The summed E-state index contributed by atoms with van der Waals surface area (Å²) in [5.41, 5.74) is 0. The molecule has 2 nitrogen and oxygen atoms in total.